The van der Waals surface area contributed by atoms with E-state index in [4.69, 9.17) is 0 Å². The molecular formula is C17H27N3O2. The van der Waals surface area contributed by atoms with Crippen molar-refractivity contribution in [1.29, 1.82) is 0 Å². The Bertz CT molecular complexity index is 521. The van der Waals surface area contributed by atoms with Gasteiger partial charge in [0, 0.05) is 22.8 Å². The molecule has 0 aromatic heterocycles. The Morgan fingerprint density at radius 1 is 1.23 bits per heavy atom. The monoisotopic (exact) mass is 305 g/mol. The van der Waals surface area contributed by atoms with Crippen molar-refractivity contribution in [2.24, 2.45) is 0 Å². The van der Waals surface area contributed by atoms with E-state index in [1.54, 1.807) is 24.3 Å². The molecule has 22 heavy (non-hydrogen) atoms. The van der Waals surface area contributed by atoms with E-state index in [-0.39, 0.29) is 29.9 Å². The van der Waals surface area contributed by atoms with Crippen LogP contribution in [0.2, 0.25) is 0 Å². The van der Waals surface area contributed by atoms with Gasteiger partial charge in [-0.25, -0.2) is 0 Å². The molecule has 2 amide bonds. The third-order valence-electron chi connectivity index (χ3n) is 3.18. The molecule has 0 saturated carbocycles. The SMILES string of the molecule is CCC(C)NC(=O)c1cccc(NC(=O)CNC(C)(C)C)c1. The number of hydrogen-bond acceptors (Lipinski definition) is 3. The van der Waals surface area contributed by atoms with Crippen LogP contribution in [-0.2, 0) is 4.79 Å². The zero-order valence-corrected chi connectivity index (χ0v) is 14.1. The summed E-state index contributed by atoms with van der Waals surface area (Å²) in [6.45, 7) is 10.2. The molecule has 5 nitrogen and oxygen atoms in total. The van der Waals surface area contributed by atoms with E-state index in [1.807, 2.05) is 34.6 Å². The van der Waals surface area contributed by atoms with Crippen LogP contribution >= 0.6 is 0 Å². The second-order valence-electron chi connectivity index (χ2n) is 6.52. The van der Waals surface area contributed by atoms with Crippen molar-refractivity contribution in [3.05, 3.63) is 29.8 Å². The fourth-order valence-corrected chi connectivity index (χ4v) is 1.70. The molecule has 5 heteroatoms. The number of amides is 2. The molecule has 1 aromatic rings. The zero-order chi connectivity index (χ0) is 16.8. The van der Waals surface area contributed by atoms with Crippen molar-refractivity contribution in [3.63, 3.8) is 0 Å². The normalized spacial score (nSPS) is 12.6. The van der Waals surface area contributed by atoms with Crippen LogP contribution < -0.4 is 16.0 Å². The van der Waals surface area contributed by atoms with E-state index in [1.165, 1.54) is 0 Å². The molecule has 1 atom stereocenters. The summed E-state index contributed by atoms with van der Waals surface area (Å²) in [5.41, 5.74) is 1.05. The number of hydrogen-bond donors (Lipinski definition) is 3. The molecule has 1 aromatic carbocycles. The largest absolute Gasteiger partial charge is 0.350 e. The maximum Gasteiger partial charge on any atom is 0.251 e. The minimum atomic E-state index is -0.130. The Morgan fingerprint density at radius 2 is 1.91 bits per heavy atom. The molecule has 0 spiro atoms. The Morgan fingerprint density at radius 3 is 2.50 bits per heavy atom. The van der Waals surface area contributed by atoms with Crippen LogP contribution in [0.5, 0.6) is 0 Å². The van der Waals surface area contributed by atoms with Crippen LogP contribution in [0.25, 0.3) is 0 Å². The maximum absolute atomic E-state index is 12.1. The number of rotatable bonds is 6. The van der Waals surface area contributed by atoms with E-state index < -0.39 is 0 Å². The smallest absolute Gasteiger partial charge is 0.251 e. The summed E-state index contributed by atoms with van der Waals surface area (Å²) in [5.74, 6) is -0.257. The first-order chi connectivity index (χ1) is 10.2. The van der Waals surface area contributed by atoms with E-state index >= 15 is 0 Å². The molecule has 0 aliphatic rings. The first-order valence-corrected chi connectivity index (χ1v) is 7.67. The maximum atomic E-state index is 12.1. The lowest BCUT2D eigenvalue weighted by Gasteiger charge is -2.20. The molecule has 122 valence electrons. The summed E-state index contributed by atoms with van der Waals surface area (Å²) >= 11 is 0. The average molecular weight is 305 g/mol. The van der Waals surface area contributed by atoms with Gasteiger partial charge in [0.05, 0.1) is 6.54 Å². The van der Waals surface area contributed by atoms with Crippen LogP contribution in [0.4, 0.5) is 5.69 Å². The predicted octanol–water partition coefficient (Wildman–Crippen LogP) is 2.54. The standard InChI is InChI=1S/C17H27N3O2/c1-6-12(2)19-16(22)13-8-7-9-14(10-13)20-15(21)11-18-17(3,4)5/h7-10,12,18H,6,11H2,1-5H3,(H,19,22)(H,20,21). The molecular weight excluding hydrogens is 278 g/mol. The molecule has 0 fully saturated rings. The average Bonchev–Trinajstić information content (AvgIpc) is 2.44. The minimum Gasteiger partial charge on any atom is -0.350 e. The van der Waals surface area contributed by atoms with E-state index in [9.17, 15) is 9.59 Å². The number of carbonyl (C=O) groups is 2. The summed E-state index contributed by atoms with van der Waals surface area (Å²) in [6, 6.07) is 7.09. The van der Waals surface area contributed by atoms with Crippen LogP contribution in [-0.4, -0.2) is 29.9 Å². The van der Waals surface area contributed by atoms with Crippen molar-refractivity contribution in [2.75, 3.05) is 11.9 Å². The lowest BCUT2D eigenvalue weighted by molar-refractivity contribution is -0.115. The molecule has 3 N–H and O–H groups in total. The van der Waals surface area contributed by atoms with Crippen LogP contribution in [0.3, 0.4) is 0 Å². The fraction of sp³-hybridized carbons (Fsp3) is 0.529. The molecule has 0 radical (unpaired) electrons. The molecule has 1 unspecified atom stereocenters. The Balaban J connectivity index is 2.64. The number of benzene rings is 1. The van der Waals surface area contributed by atoms with Gasteiger partial charge in [0.1, 0.15) is 0 Å². The Hall–Kier alpha value is -1.88. The first-order valence-electron chi connectivity index (χ1n) is 7.67. The van der Waals surface area contributed by atoms with Crippen LogP contribution in [0, 0.1) is 0 Å². The summed E-state index contributed by atoms with van der Waals surface area (Å²) < 4.78 is 0. The van der Waals surface area contributed by atoms with Gasteiger partial charge in [-0.1, -0.05) is 13.0 Å². The van der Waals surface area contributed by atoms with Crippen molar-refractivity contribution in [3.8, 4) is 0 Å². The third-order valence-corrected chi connectivity index (χ3v) is 3.18. The highest BCUT2D eigenvalue weighted by atomic mass is 16.2. The minimum absolute atomic E-state index is 0.116. The molecule has 0 aliphatic carbocycles. The van der Waals surface area contributed by atoms with Gasteiger partial charge in [-0.05, 0) is 52.3 Å². The number of carbonyl (C=O) groups excluding carboxylic acids is 2. The summed E-state index contributed by atoms with van der Waals surface area (Å²) in [5, 5.41) is 8.82. The van der Waals surface area contributed by atoms with Gasteiger partial charge in [-0.2, -0.15) is 0 Å². The van der Waals surface area contributed by atoms with Gasteiger partial charge in [0.25, 0.3) is 5.91 Å². The van der Waals surface area contributed by atoms with Gasteiger partial charge >= 0.3 is 0 Å². The van der Waals surface area contributed by atoms with E-state index in [0.717, 1.165) is 6.42 Å². The number of anilines is 1. The third kappa shape index (κ3) is 6.72. The summed E-state index contributed by atoms with van der Waals surface area (Å²) in [6.07, 6.45) is 0.876. The zero-order valence-electron chi connectivity index (χ0n) is 14.1. The van der Waals surface area contributed by atoms with Crippen molar-refractivity contribution in [1.82, 2.24) is 10.6 Å². The van der Waals surface area contributed by atoms with Gasteiger partial charge in [0.2, 0.25) is 5.91 Å². The topological polar surface area (TPSA) is 70.2 Å². The molecule has 1 rings (SSSR count). The van der Waals surface area contributed by atoms with Crippen LogP contribution in [0.1, 0.15) is 51.4 Å². The van der Waals surface area contributed by atoms with Gasteiger partial charge < -0.3 is 16.0 Å². The highest BCUT2D eigenvalue weighted by Crippen LogP contribution is 2.11. The van der Waals surface area contributed by atoms with Crippen molar-refractivity contribution >= 4 is 17.5 Å². The van der Waals surface area contributed by atoms with Gasteiger partial charge in [-0.3, -0.25) is 9.59 Å². The Labute approximate surface area is 132 Å². The number of nitrogens with one attached hydrogen (secondary N) is 3. The molecule has 0 aliphatic heterocycles. The highest BCUT2D eigenvalue weighted by Gasteiger charge is 2.12. The predicted molar refractivity (Wildman–Crippen MR) is 90.0 cm³/mol. The van der Waals surface area contributed by atoms with Crippen LogP contribution in [0.15, 0.2) is 24.3 Å². The van der Waals surface area contributed by atoms with Crippen molar-refractivity contribution in [2.45, 2.75) is 52.6 Å². The summed E-state index contributed by atoms with van der Waals surface area (Å²) in [7, 11) is 0. The second kappa shape index (κ2) is 7.94. The summed E-state index contributed by atoms with van der Waals surface area (Å²) in [4.78, 5) is 24.0. The molecule has 0 bridgehead atoms. The first kappa shape index (κ1) is 18.2. The lowest BCUT2D eigenvalue weighted by atomic mass is 10.1. The van der Waals surface area contributed by atoms with Gasteiger partial charge in [0.15, 0.2) is 0 Å². The van der Waals surface area contributed by atoms with E-state index in [0.29, 0.717) is 11.3 Å². The Kier molecular flexibility index (Phi) is 6.56. The van der Waals surface area contributed by atoms with E-state index in [2.05, 4.69) is 16.0 Å². The quantitative estimate of drug-likeness (QED) is 0.756. The molecule has 0 saturated heterocycles. The molecule has 0 heterocycles. The second-order valence-corrected chi connectivity index (χ2v) is 6.52. The highest BCUT2D eigenvalue weighted by molar-refractivity contribution is 5.97. The van der Waals surface area contributed by atoms with Gasteiger partial charge in [-0.15, -0.1) is 0 Å². The van der Waals surface area contributed by atoms with Crippen molar-refractivity contribution < 1.29 is 9.59 Å². The fourth-order valence-electron chi connectivity index (χ4n) is 1.70. The lowest BCUT2D eigenvalue weighted by Crippen LogP contribution is -2.41.